The van der Waals surface area contributed by atoms with Crippen LogP contribution in [0.5, 0.6) is 5.75 Å². The predicted molar refractivity (Wildman–Crippen MR) is 135 cm³/mol. The second-order valence-electron chi connectivity index (χ2n) is 8.18. The number of nitrogens with one attached hydrogen (secondary N) is 2. The fraction of sp³-hybridized carbons (Fsp3) is 0.148. The number of hydrogen-bond donors (Lipinski definition) is 2. The number of anilines is 2. The van der Waals surface area contributed by atoms with E-state index in [2.05, 4.69) is 10.6 Å². The number of rotatable bonds is 6. The summed E-state index contributed by atoms with van der Waals surface area (Å²) in [5.41, 5.74) is 4.23. The molecule has 5 rings (SSSR count). The number of piperazine rings is 1. The van der Waals surface area contributed by atoms with Gasteiger partial charge in [-0.05, 0) is 48.5 Å². The minimum absolute atomic E-state index is 0.00845. The molecular formula is C27H25N5O3. The quantitative estimate of drug-likeness (QED) is 0.451. The van der Waals surface area contributed by atoms with E-state index in [1.54, 1.807) is 18.0 Å². The molecule has 2 N–H and O–H groups in total. The molecule has 8 nitrogen and oxygen atoms in total. The Labute approximate surface area is 203 Å². The highest BCUT2D eigenvalue weighted by atomic mass is 16.5. The fourth-order valence-electron chi connectivity index (χ4n) is 4.05. The maximum atomic E-state index is 13.4. The lowest BCUT2D eigenvalue weighted by molar-refractivity contribution is -0.120. The molecule has 8 heteroatoms. The molecule has 35 heavy (non-hydrogen) atoms. The van der Waals surface area contributed by atoms with Crippen LogP contribution >= 0.6 is 0 Å². The van der Waals surface area contributed by atoms with Crippen molar-refractivity contribution >= 4 is 23.2 Å². The number of ether oxygens (including phenoxy) is 1. The van der Waals surface area contributed by atoms with E-state index >= 15 is 0 Å². The first kappa shape index (κ1) is 22.2. The first-order valence-electron chi connectivity index (χ1n) is 11.3. The molecule has 0 unspecified atom stereocenters. The Bertz CT molecular complexity index is 1350. The molecule has 176 valence electrons. The van der Waals surface area contributed by atoms with Crippen molar-refractivity contribution in [2.24, 2.45) is 0 Å². The van der Waals surface area contributed by atoms with Gasteiger partial charge in [-0.1, -0.05) is 30.3 Å². The van der Waals surface area contributed by atoms with E-state index in [0.717, 1.165) is 23.5 Å². The molecule has 0 atom stereocenters. The second-order valence-corrected chi connectivity index (χ2v) is 8.18. The third-order valence-electron chi connectivity index (χ3n) is 5.85. The monoisotopic (exact) mass is 467 g/mol. The van der Waals surface area contributed by atoms with Crippen molar-refractivity contribution in [1.29, 1.82) is 0 Å². The number of aromatic nitrogens is 2. The van der Waals surface area contributed by atoms with Crippen molar-refractivity contribution in [2.75, 3.05) is 37.0 Å². The SMILES string of the molecule is COc1cccc(-c2nn(-c3ccccc3)cc2C(=O)Nc2ccc(N3CCNC(=O)C3)cc2)c1. The van der Waals surface area contributed by atoms with Crippen molar-refractivity contribution in [3.63, 3.8) is 0 Å². The van der Waals surface area contributed by atoms with E-state index in [1.165, 1.54) is 0 Å². The maximum Gasteiger partial charge on any atom is 0.259 e. The highest BCUT2D eigenvalue weighted by Crippen LogP contribution is 2.28. The van der Waals surface area contributed by atoms with Gasteiger partial charge in [0.1, 0.15) is 11.4 Å². The summed E-state index contributed by atoms with van der Waals surface area (Å²) in [6, 6.07) is 24.6. The number of carbonyl (C=O) groups excluding carboxylic acids is 2. The number of nitrogens with zero attached hydrogens (tertiary/aromatic N) is 3. The van der Waals surface area contributed by atoms with Crippen molar-refractivity contribution in [3.05, 3.63) is 90.6 Å². The van der Waals surface area contributed by atoms with Crippen LogP contribution in [0.4, 0.5) is 11.4 Å². The zero-order valence-electron chi connectivity index (χ0n) is 19.3. The third-order valence-corrected chi connectivity index (χ3v) is 5.85. The van der Waals surface area contributed by atoms with Crippen LogP contribution in [0.1, 0.15) is 10.4 Å². The Balaban J connectivity index is 1.43. The number of hydrogen-bond acceptors (Lipinski definition) is 5. The molecule has 0 aliphatic carbocycles. The highest BCUT2D eigenvalue weighted by molar-refractivity contribution is 6.08. The van der Waals surface area contributed by atoms with Crippen LogP contribution in [0.2, 0.25) is 0 Å². The number of benzene rings is 3. The molecule has 0 saturated carbocycles. The predicted octanol–water partition coefficient (Wildman–Crippen LogP) is 3.74. The molecule has 2 amide bonds. The minimum Gasteiger partial charge on any atom is -0.497 e. The zero-order chi connectivity index (χ0) is 24.2. The molecular weight excluding hydrogens is 442 g/mol. The van der Waals surface area contributed by atoms with Gasteiger partial charge in [-0.2, -0.15) is 5.10 Å². The van der Waals surface area contributed by atoms with Gasteiger partial charge in [-0.15, -0.1) is 0 Å². The lowest BCUT2D eigenvalue weighted by Crippen LogP contribution is -2.47. The van der Waals surface area contributed by atoms with Gasteiger partial charge >= 0.3 is 0 Å². The maximum absolute atomic E-state index is 13.4. The first-order chi connectivity index (χ1) is 17.1. The smallest absolute Gasteiger partial charge is 0.259 e. The molecule has 1 aliphatic rings. The van der Waals surface area contributed by atoms with Gasteiger partial charge in [-0.25, -0.2) is 4.68 Å². The average molecular weight is 468 g/mol. The first-order valence-corrected chi connectivity index (χ1v) is 11.3. The lowest BCUT2D eigenvalue weighted by atomic mass is 10.1. The Hall–Kier alpha value is -4.59. The van der Waals surface area contributed by atoms with Gasteiger partial charge in [0.15, 0.2) is 0 Å². The van der Waals surface area contributed by atoms with E-state index < -0.39 is 0 Å². The molecule has 2 heterocycles. The van der Waals surface area contributed by atoms with Crippen LogP contribution in [-0.2, 0) is 4.79 Å². The van der Waals surface area contributed by atoms with E-state index in [9.17, 15) is 9.59 Å². The molecule has 0 bridgehead atoms. The summed E-state index contributed by atoms with van der Waals surface area (Å²) < 4.78 is 7.07. The average Bonchev–Trinajstić information content (AvgIpc) is 3.36. The molecule has 4 aromatic rings. The summed E-state index contributed by atoms with van der Waals surface area (Å²) in [6.45, 7) is 1.70. The van der Waals surface area contributed by atoms with Crippen LogP contribution in [0.25, 0.3) is 16.9 Å². The largest absolute Gasteiger partial charge is 0.497 e. The minimum atomic E-state index is -0.268. The highest BCUT2D eigenvalue weighted by Gasteiger charge is 2.20. The van der Waals surface area contributed by atoms with Crippen LogP contribution in [-0.4, -0.2) is 48.3 Å². The van der Waals surface area contributed by atoms with Gasteiger partial charge in [0.25, 0.3) is 5.91 Å². The number of amides is 2. The summed E-state index contributed by atoms with van der Waals surface area (Å²) in [7, 11) is 1.61. The van der Waals surface area contributed by atoms with Gasteiger partial charge in [-0.3, -0.25) is 9.59 Å². The normalized spacial score (nSPS) is 13.3. The van der Waals surface area contributed by atoms with E-state index in [0.29, 0.717) is 35.8 Å². The zero-order valence-corrected chi connectivity index (χ0v) is 19.3. The third kappa shape index (κ3) is 4.86. The number of methoxy groups -OCH3 is 1. The summed E-state index contributed by atoms with van der Waals surface area (Å²) >= 11 is 0. The van der Waals surface area contributed by atoms with Crippen LogP contribution in [0.15, 0.2) is 85.1 Å². The van der Waals surface area contributed by atoms with Crippen molar-refractivity contribution in [3.8, 4) is 22.7 Å². The van der Waals surface area contributed by atoms with Crippen LogP contribution < -0.4 is 20.3 Å². The van der Waals surface area contributed by atoms with Gasteiger partial charge in [0.05, 0.1) is 24.9 Å². The Morgan fingerprint density at radius 2 is 1.80 bits per heavy atom. The van der Waals surface area contributed by atoms with Crippen LogP contribution in [0, 0.1) is 0 Å². The van der Waals surface area contributed by atoms with E-state index in [-0.39, 0.29) is 11.8 Å². The molecule has 0 spiro atoms. The second kappa shape index (κ2) is 9.72. The van der Waals surface area contributed by atoms with Gasteiger partial charge in [0, 0.05) is 36.2 Å². The van der Waals surface area contributed by atoms with Gasteiger partial charge in [0.2, 0.25) is 5.91 Å². The van der Waals surface area contributed by atoms with Crippen molar-refractivity contribution in [2.45, 2.75) is 0 Å². The molecule has 1 fully saturated rings. The Morgan fingerprint density at radius 1 is 1.00 bits per heavy atom. The van der Waals surface area contributed by atoms with Crippen molar-refractivity contribution in [1.82, 2.24) is 15.1 Å². The summed E-state index contributed by atoms with van der Waals surface area (Å²) in [5.74, 6) is 0.425. The standard InChI is InChI=1S/C27H25N5O3/c1-35-23-9-5-6-19(16-23)26-24(17-32(30-26)22-7-3-2-4-8-22)27(34)29-20-10-12-21(13-11-20)31-15-14-28-25(33)18-31/h2-13,16-17H,14-15,18H2,1H3,(H,28,33)(H,29,34). The summed E-state index contributed by atoms with van der Waals surface area (Å²) in [6.07, 6.45) is 1.74. The van der Waals surface area contributed by atoms with Crippen molar-refractivity contribution < 1.29 is 14.3 Å². The van der Waals surface area contributed by atoms with Gasteiger partial charge < -0.3 is 20.3 Å². The van der Waals surface area contributed by atoms with E-state index in [1.807, 2.05) is 83.8 Å². The molecule has 1 aliphatic heterocycles. The number of carbonyl (C=O) groups is 2. The fourth-order valence-corrected chi connectivity index (χ4v) is 4.05. The topological polar surface area (TPSA) is 88.5 Å². The summed E-state index contributed by atoms with van der Waals surface area (Å²) in [5, 5.41) is 10.5. The van der Waals surface area contributed by atoms with E-state index in [4.69, 9.17) is 9.84 Å². The number of para-hydroxylation sites is 1. The molecule has 1 aromatic heterocycles. The molecule has 0 radical (unpaired) electrons. The summed E-state index contributed by atoms with van der Waals surface area (Å²) in [4.78, 5) is 27.1. The lowest BCUT2D eigenvalue weighted by Gasteiger charge is -2.28. The Kier molecular flexibility index (Phi) is 6.17. The Morgan fingerprint density at radius 3 is 2.54 bits per heavy atom. The molecule has 1 saturated heterocycles. The van der Waals surface area contributed by atoms with Crippen LogP contribution in [0.3, 0.4) is 0 Å². The molecule has 3 aromatic carbocycles.